The molecule has 2 aliphatic rings. The molecule has 2 unspecified atom stereocenters. The third-order valence-corrected chi connectivity index (χ3v) is 10.2. The summed E-state index contributed by atoms with van der Waals surface area (Å²) in [5.41, 5.74) is 7.22. The second kappa shape index (κ2) is 21.5. The number of rotatable bonds is 19. The number of hydrogen-bond acceptors (Lipinski definition) is 11. The average molecular weight is 783 g/mol. The fourth-order valence-electron chi connectivity index (χ4n) is 7.33. The molecule has 57 heavy (non-hydrogen) atoms. The van der Waals surface area contributed by atoms with Crippen molar-refractivity contribution in [3.05, 3.63) is 130 Å². The number of amides is 2. The monoisotopic (exact) mass is 782 g/mol. The van der Waals surface area contributed by atoms with Crippen LogP contribution in [0.1, 0.15) is 65.5 Å². The lowest BCUT2D eigenvalue weighted by Gasteiger charge is -2.38. The van der Waals surface area contributed by atoms with E-state index in [1.165, 1.54) is 18.2 Å². The smallest absolute Gasteiger partial charge is 0.410 e. The predicted octanol–water partition coefficient (Wildman–Crippen LogP) is 6.78. The molecule has 0 saturated carbocycles. The molecule has 6 rings (SSSR count). The Morgan fingerprint density at radius 1 is 0.825 bits per heavy atom. The van der Waals surface area contributed by atoms with E-state index in [9.17, 15) is 9.59 Å². The number of piperidine rings is 1. The summed E-state index contributed by atoms with van der Waals surface area (Å²) in [6, 6.07) is 32.0. The highest BCUT2D eigenvalue weighted by molar-refractivity contribution is 5.72. The second-order valence-electron chi connectivity index (χ2n) is 14.4. The van der Waals surface area contributed by atoms with Gasteiger partial charge in [-0.15, -0.1) is 0 Å². The van der Waals surface area contributed by atoms with E-state index in [0.29, 0.717) is 58.0 Å². The number of nitrogens with one attached hydrogen (secondary N) is 1. The highest BCUT2D eigenvalue weighted by atomic mass is 17.1. The SMILES string of the molecule is CC(=O)NCCN1CCCc2ccc(COC3CN(C(=O)OCc4cccc(CON(O)O)c4)CCC3c3ccc(OCCCOCc4ccccc4)cc3)cc21. The van der Waals surface area contributed by atoms with Gasteiger partial charge in [0, 0.05) is 51.1 Å². The molecule has 1 saturated heterocycles. The molecule has 0 spiro atoms. The number of anilines is 1. The summed E-state index contributed by atoms with van der Waals surface area (Å²) in [6.45, 7) is 6.77. The quantitative estimate of drug-likeness (QED) is 0.0684. The lowest BCUT2D eigenvalue weighted by molar-refractivity contribution is -0.497. The zero-order chi connectivity index (χ0) is 39.8. The first-order valence-corrected chi connectivity index (χ1v) is 19.7. The van der Waals surface area contributed by atoms with Crippen molar-refractivity contribution in [2.24, 2.45) is 0 Å². The van der Waals surface area contributed by atoms with Crippen LogP contribution in [0.4, 0.5) is 10.5 Å². The van der Waals surface area contributed by atoms with Crippen LogP contribution in [0.15, 0.2) is 97.1 Å². The van der Waals surface area contributed by atoms with E-state index in [1.807, 2.05) is 36.4 Å². The van der Waals surface area contributed by atoms with Gasteiger partial charge >= 0.3 is 6.09 Å². The first-order chi connectivity index (χ1) is 27.8. The van der Waals surface area contributed by atoms with Crippen LogP contribution >= 0.6 is 0 Å². The largest absolute Gasteiger partial charge is 0.494 e. The number of hydrogen-bond donors (Lipinski definition) is 3. The predicted molar refractivity (Wildman–Crippen MR) is 213 cm³/mol. The van der Waals surface area contributed by atoms with E-state index in [0.717, 1.165) is 60.4 Å². The van der Waals surface area contributed by atoms with Crippen LogP contribution in [0.25, 0.3) is 0 Å². The Kier molecular flexibility index (Phi) is 15.7. The van der Waals surface area contributed by atoms with Crippen molar-refractivity contribution in [3.63, 3.8) is 0 Å². The van der Waals surface area contributed by atoms with E-state index in [2.05, 4.69) is 52.7 Å². The standard InChI is InChI=1S/C44H54N4O9/c1-33(49)45-20-23-46-21-6-12-39-14-13-37(27-42(39)46)30-55-43-28-47(44(50)56-31-35-10-5-11-36(26-35)32-57-48(51)52)22-19-41(43)38-15-17-40(18-16-38)54-25-7-24-53-29-34-8-3-2-4-9-34/h2-5,8-11,13-18,26-27,41,43,51-52H,6-7,12,19-25,28-32H2,1H3,(H,45,49). The molecule has 0 bridgehead atoms. The van der Waals surface area contributed by atoms with Crippen LogP contribution in [0, 0.1) is 0 Å². The fourth-order valence-corrected chi connectivity index (χ4v) is 7.33. The minimum absolute atomic E-state index is 0.0321. The number of benzene rings is 4. The van der Waals surface area contributed by atoms with Gasteiger partial charge in [-0.05, 0) is 70.8 Å². The maximum absolute atomic E-state index is 13.4. The van der Waals surface area contributed by atoms with Gasteiger partial charge in [0.05, 0.1) is 51.1 Å². The lowest BCUT2D eigenvalue weighted by atomic mass is 9.87. The Labute approximate surface area is 334 Å². The van der Waals surface area contributed by atoms with E-state index < -0.39 is 6.09 Å². The summed E-state index contributed by atoms with van der Waals surface area (Å²) in [4.78, 5) is 33.7. The number of nitrogens with zero attached hydrogens (tertiary/aromatic N) is 3. The van der Waals surface area contributed by atoms with Gasteiger partial charge in [-0.25, -0.2) is 9.63 Å². The highest BCUT2D eigenvalue weighted by Gasteiger charge is 2.34. The van der Waals surface area contributed by atoms with Gasteiger partial charge in [0.1, 0.15) is 12.4 Å². The summed E-state index contributed by atoms with van der Waals surface area (Å²) in [5.74, 6) is 0.795. The fraction of sp³-hybridized carbons (Fsp3) is 0.409. The number of aryl methyl sites for hydroxylation is 1. The van der Waals surface area contributed by atoms with E-state index in [-0.39, 0.29) is 36.5 Å². The Balaban J connectivity index is 1.08. The number of ether oxygens (including phenoxy) is 4. The van der Waals surface area contributed by atoms with E-state index in [1.54, 1.807) is 23.1 Å². The maximum atomic E-state index is 13.4. The normalized spacial score (nSPS) is 16.6. The molecule has 0 aliphatic carbocycles. The molecule has 2 amide bonds. The van der Waals surface area contributed by atoms with Crippen LogP contribution in [0.5, 0.6) is 5.75 Å². The topological polar surface area (TPSA) is 142 Å². The average Bonchev–Trinajstić information content (AvgIpc) is 3.23. The van der Waals surface area contributed by atoms with Gasteiger partial charge in [0.25, 0.3) is 0 Å². The molecular weight excluding hydrogens is 729 g/mol. The minimum atomic E-state index is -0.430. The molecule has 0 aromatic heterocycles. The van der Waals surface area contributed by atoms with E-state index >= 15 is 0 Å². The maximum Gasteiger partial charge on any atom is 0.410 e. The van der Waals surface area contributed by atoms with Gasteiger partial charge in [0.15, 0.2) is 0 Å². The number of fused-ring (bicyclic) bond motifs is 1. The van der Waals surface area contributed by atoms with Gasteiger partial charge in [-0.2, -0.15) is 0 Å². The molecule has 4 aromatic rings. The van der Waals surface area contributed by atoms with Crippen molar-refractivity contribution >= 4 is 17.7 Å². The van der Waals surface area contributed by atoms with Crippen LogP contribution in [0.3, 0.4) is 0 Å². The minimum Gasteiger partial charge on any atom is -0.494 e. The third kappa shape index (κ3) is 13.0. The first kappa shape index (κ1) is 41.6. The van der Waals surface area contributed by atoms with Crippen molar-refractivity contribution in [2.45, 2.75) is 71.1 Å². The van der Waals surface area contributed by atoms with Gasteiger partial charge < -0.3 is 34.1 Å². The summed E-state index contributed by atoms with van der Waals surface area (Å²) < 4.78 is 24.3. The van der Waals surface area contributed by atoms with Crippen LogP contribution in [-0.4, -0.2) is 84.7 Å². The van der Waals surface area contributed by atoms with Crippen molar-refractivity contribution in [2.75, 3.05) is 50.8 Å². The molecule has 13 nitrogen and oxygen atoms in total. The molecule has 4 aromatic carbocycles. The van der Waals surface area contributed by atoms with Crippen LogP contribution in [0.2, 0.25) is 0 Å². The molecule has 0 radical (unpaired) electrons. The lowest BCUT2D eigenvalue weighted by Crippen LogP contribution is -2.47. The van der Waals surface area contributed by atoms with Crippen molar-refractivity contribution in [1.82, 2.24) is 15.6 Å². The van der Waals surface area contributed by atoms with E-state index in [4.69, 9.17) is 34.2 Å². The molecular formula is C44H54N4O9. The van der Waals surface area contributed by atoms with Gasteiger partial charge in [-0.3, -0.25) is 15.2 Å². The van der Waals surface area contributed by atoms with Crippen molar-refractivity contribution < 1.29 is 43.8 Å². The second-order valence-corrected chi connectivity index (χ2v) is 14.4. The first-order valence-electron chi connectivity index (χ1n) is 19.7. The summed E-state index contributed by atoms with van der Waals surface area (Å²) in [6.07, 6.45) is 2.82. The molecule has 2 aliphatic heterocycles. The zero-order valence-corrected chi connectivity index (χ0v) is 32.6. The molecule has 2 heterocycles. The van der Waals surface area contributed by atoms with Gasteiger partial charge in [-0.1, -0.05) is 78.9 Å². The summed E-state index contributed by atoms with van der Waals surface area (Å²) in [7, 11) is 0. The Hall–Kier alpha value is -5.02. The molecule has 13 heteroatoms. The molecule has 2 atom stereocenters. The summed E-state index contributed by atoms with van der Waals surface area (Å²) in [5, 5.41) is 20.3. The molecule has 1 fully saturated rings. The van der Waals surface area contributed by atoms with Gasteiger partial charge in [0.2, 0.25) is 5.91 Å². The Morgan fingerprint density at radius 2 is 1.60 bits per heavy atom. The Morgan fingerprint density at radius 3 is 2.39 bits per heavy atom. The molecule has 3 N–H and O–H groups in total. The molecule has 304 valence electrons. The summed E-state index contributed by atoms with van der Waals surface area (Å²) >= 11 is 0. The Bertz CT molecular complexity index is 1860. The van der Waals surface area contributed by atoms with Crippen LogP contribution in [-0.2, 0) is 56.7 Å². The number of carbonyl (C=O) groups excluding carboxylic acids is 2. The van der Waals surface area contributed by atoms with Crippen molar-refractivity contribution in [1.29, 1.82) is 0 Å². The number of likely N-dealkylation sites (tertiary alicyclic amines) is 1. The van der Waals surface area contributed by atoms with Crippen LogP contribution < -0.4 is 15.0 Å². The number of carbonyl (C=O) groups is 2. The van der Waals surface area contributed by atoms with Crippen molar-refractivity contribution in [3.8, 4) is 5.75 Å². The highest BCUT2D eigenvalue weighted by Crippen LogP contribution is 2.34. The third-order valence-electron chi connectivity index (χ3n) is 10.2. The zero-order valence-electron chi connectivity index (χ0n) is 32.6.